The van der Waals surface area contributed by atoms with E-state index in [1.807, 2.05) is 37.3 Å². The number of nitrogens with zero attached hydrogens (tertiary/aromatic N) is 1. The predicted octanol–water partition coefficient (Wildman–Crippen LogP) is 4.09. The van der Waals surface area contributed by atoms with Crippen molar-refractivity contribution in [1.29, 1.82) is 0 Å². The Morgan fingerprint density at radius 3 is 2.25 bits per heavy atom. The first kappa shape index (κ1) is 24.2. The number of aliphatic hydroxyl groups excluding tert-OH is 1. The van der Waals surface area contributed by atoms with Gasteiger partial charge >= 0.3 is 0 Å². The summed E-state index contributed by atoms with van der Waals surface area (Å²) in [5.41, 5.74) is 2.10. The molecule has 5 nitrogen and oxygen atoms in total. The van der Waals surface area contributed by atoms with Crippen molar-refractivity contribution in [3.63, 3.8) is 0 Å². The molecule has 2 rings (SSSR count). The summed E-state index contributed by atoms with van der Waals surface area (Å²) >= 11 is 0. The van der Waals surface area contributed by atoms with E-state index in [2.05, 4.69) is 53.7 Å². The summed E-state index contributed by atoms with van der Waals surface area (Å²) < 4.78 is 5.15. The zero-order chi connectivity index (χ0) is 19.6. The van der Waals surface area contributed by atoms with Crippen LogP contribution < -0.4 is 15.4 Å². The van der Waals surface area contributed by atoms with Crippen molar-refractivity contribution in [2.75, 3.05) is 20.2 Å². The van der Waals surface area contributed by atoms with Crippen LogP contribution in [0.15, 0.2) is 59.6 Å². The normalized spacial score (nSPS) is 14.4. The highest BCUT2D eigenvalue weighted by atomic mass is 127. The minimum atomic E-state index is -0.659. The number of hydrogen-bond donors (Lipinski definition) is 3. The fraction of sp³-hybridized carbons (Fsp3) is 0.409. The lowest BCUT2D eigenvalue weighted by Gasteiger charge is -2.24. The standard InChI is InChI=1S/C22H31N3O2.HI/c1-5-23-22(25-17(3)16(2)18-9-7-6-8-10-18)24-15-21(26)19-11-13-20(27-4)14-12-19;/h6-14,16-17,21,26H,5,15H2,1-4H3,(H2,23,24,25);1H. The largest absolute Gasteiger partial charge is 0.497 e. The Bertz CT molecular complexity index is 707. The lowest BCUT2D eigenvalue weighted by Crippen LogP contribution is -2.44. The minimum Gasteiger partial charge on any atom is -0.497 e. The summed E-state index contributed by atoms with van der Waals surface area (Å²) in [4.78, 5) is 4.56. The van der Waals surface area contributed by atoms with Gasteiger partial charge in [-0.3, -0.25) is 4.99 Å². The van der Waals surface area contributed by atoms with E-state index in [1.165, 1.54) is 5.56 Å². The number of halogens is 1. The number of guanidine groups is 1. The second kappa shape index (κ2) is 12.6. The first-order valence-electron chi connectivity index (χ1n) is 9.47. The van der Waals surface area contributed by atoms with Crippen molar-refractivity contribution >= 4 is 29.9 Å². The Labute approximate surface area is 185 Å². The van der Waals surface area contributed by atoms with E-state index in [-0.39, 0.29) is 36.6 Å². The van der Waals surface area contributed by atoms with Gasteiger partial charge in [-0.1, -0.05) is 49.4 Å². The van der Waals surface area contributed by atoms with Gasteiger partial charge < -0.3 is 20.5 Å². The summed E-state index contributed by atoms with van der Waals surface area (Å²) in [6, 6.07) is 18.0. The van der Waals surface area contributed by atoms with Crippen molar-refractivity contribution in [2.24, 2.45) is 4.99 Å². The van der Waals surface area contributed by atoms with E-state index in [1.54, 1.807) is 7.11 Å². The van der Waals surface area contributed by atoms with Crippen molar-refractivity contribution in [3.8, 4) is 5.75 Å². The van der Waals surface area contributed by atoms with Gasteiger partial charge in [-0.25, -0.2) is 0 Å². The molecule has 0 saturated carbocycles. The molecular formula is C22H32IN3O2. The van der Waals surface area contributed by atoms with E-state index < -0.39 is 6.10 Å². The van der Waals surface area contributed by atoms with E-state index in [4.69, 9.17) is 4.74 Å². The van der Waals surface area contributed by atoms with Crippen LogP contribution in [0.2, 0.25) is 0 Å². The number of hydrogen-bond acceptors (Lipinski definition) is 3. The number of benzene rings is 2. The highest BCUT2D eigenvalue weighted by Gasteiger charge is 2.16. The Balaban J connectivity index is 0.00000392. The van der Waals surface area contributed by atoms with Gasteiger partial charge in [0.1, 0.15) is 5.75 Å². The van der Waals surface area contributed by atoms with Crippen LogP contribution in [-0.4, -0.2) is 37.3 Å². The second-order valence-electron chi connectivity index (χ2n) is 6.64. The van der Waals surface area contributed by atoms with Gasteiger partial charge in [0, 0.05) is 18.5 Å². The smallest absolute Gasteiger partial charge is 0.191 e. The van der Waals surface area contributed by atoms with Crippen LogP contribution in [0.25, 0.3) is 0 Å². The molecule has 3 N–H and O–H groups in total. The third kappa shape index (κ3) is 7.31. The molecule has 0 radical (unpaired) electrons. The fourth-order valence-corrected chi connectivity index (χ4v) is 2.82. The fourth-order valence-electron chi connectivity index (χ4n) is 2.82. The zero-order valence-electron chi connectivity index (χ0n) is 17.1. The Hall–Kier alpha value is -1.80. The molecule has 0 aliphatic heterocycles. The Kier molecular flexibility index (Phi) is 10.9. The summed E-state index contributed by atoms with van der Waals surface area (Å²) in [5, 5.41) is 17.1. The predicted molar refractivity (Wildman–Crippen MR) is 127 cm³/mol. The number of aliphatic hydroxyl groups is 1. The first-order valence-corrected chi connectivity index (χ1v) is 9.47. The number of aliphatic imine (C=N–C) groups is 1. The lowest BCUT2D eigenvalue weighted by molar-refractivity contribution is 0.187. The molecule has 0 aromatic heterocycles. The highest BCUT2D eigenvalue weighted by Crippen LogP contribution is 2.19. The number of methoxy groups -OCH3 is 1. The molecule has 0 spiro atoms. The molecule has 6 heteroatoms. The van der Waals surface area contributed by atoms with E-state index in [0.29, 0.717) is 11.9 Å². The van der Waals surface area contributed by atoms with Gasteiger partial charge in [-0.2, -0.15) is 0 Å². The summed E-state index contributed by atoms with van der Waals surface area (Å²) in [7, 11) is 1.63. The molecule has 3 atom stereocenters. The molecule has 154 valence electrons. The SMILES string of the molecule is CCNC(=NCC(O)c1ccc(OC)cc1)NC(C)C(C)c1ccccc1.I. The molecule has 2 aromatic rings. The molecule has 0 aliphatic rings. The average Bonchev–Trinajstić information content (AvgIpc) is 2.72. The van der Waals surface area contributed by atoms with Crippen LogP contribution in [0.5, 0.6) is 5.75 Å². The number of rotatable bonds is 8. The molecule has 0 amide bonds. The maximum atomic E-state index is 10.4. The first-order chi connectivity index (χ1) is 13.0. The van der Waals surface area contributed by atoms with Gasteiger partial charge in [-0.15, -0.1) is 24.0 Å². The van der Waals surface area contributed by atoms with Crippen LogP contribution in [0.1, 0.15) is 43.9 Å². The van der Waals surface area contributed by atoms with Crippen LogP contribution in [0, 0.1) is 0 Å². The molecule has 3 unspecified atom stereocenters. The monoisotopic (exact) mass is 497 g/mol. The van der Waals surface area contributed by atoms with Crippen molar-refractivity contribution in [1.82, 2.24) is 10.6 Å². The molecule has 28 heavy (non-hydrogen) atoms. The molecule has 0 heterocycles. The second-order valence-corrected chi connectivity index (χ2v) is 6.64. The van der Waals surface area contributed by atoms with Gasteiger partial charge in [0.25, 0.3) is 0 Å². The molecule has 0 aliphatic carbocycles. The van der Waals surface area contributed by atoms with Crippen LogP contribution in [0.4, 0.5) is 0 Å². The molecular weight excluding hydrogens is 465 g/mol. The Morgan fingerprint density at radius 2 is 1.68 bits per heavy atom. The van der Waals surface area contributed by atoms with E-state index >= 15 is 0 Å². The Morgan fingerprint density at radius 1 is 1.04 bits per heavy atom. The average molecular weight is 497 g/mol. The summed E-state index contributed by atoms with van der Waals surface area (Å²) in [5.74, 6) is 1.81. The summed E-state index contributed by atoms with van der Waals surface area (Å²) in [6.45, 7) is 7.42. The molecule has 2 aromatic carbocycles. The van der Waals surface area contributed by atoms with E-state index in [0.717, 1.165) is 17.9 Å². The number of nitrogens with one attached hydrogen (secondary N) is 2. The zero-order valence-corrected chi connectivity index (χ0v) is 19.4. The summed E-state index contributed by atoms with van der Waals surface area (Å²) in [6.07, 6.45) is -0.659. The van der Waals surface area contributed by atoms with Crippen LogP contribution in [0.3, 0.4) is 0 Å². The quantitative estimate of drug-likeness (QED) is 0.292. The third-order valence-corrected chi connectivity index (χ3v) is 4.71. The van der Waals surface area contributed by atoms with Crippen molar-refractivity contribution in [3.05, 3.63) is 65.7 Å². The van der Waals surface area contributed by atoms with Crippen molar-refractivity contribution in [2.45, 2.75) is 38.8 Å². The maximum Gasteiger partial charge on any atom is 0.191 e. The van der Waals surface area contributed by atoms with Gasteiger partial charge in [-0.05, 0) is 37.1 Å². The third-order valence-electron chi connectivity index (χ3n) is 4.71. The highest BCUT2D eigenvalue weighted by molar-refractivity contribution is 14.0. The van der Waals surface area contributed by atoms with Crippen LogP contribution >= 0.6 is 24.0 Å². The number of ether oxygens (including phenoxy) is 1. The minimum absolute atomic E-state index is 0. The maximum absolute atomic E-state index is 10.4. The van der Waals surface area contributed by atoms with Gasteiger partial charge in [0.15, 0.2) is 5.96 Å². The molecule has 0 bridgehead atoms. The van der Waals surface area contributed by atoms with Gasteiger partial charge in [0.05, 0.1) is 19.8 Å². The topological polar surface area (TPSA) is 65.9 Å². The van der Waals surface area contributed by atoms with Crippen LogP contribution in [-0.2, 0) is 0 Å². The molecule has 0 saturated heterocycles. The van der Waals surface area contributed by atoms with E-state index in [9.17, 15) is 5.11 Å². The van der Waals surface area contributed by atoms with Gasteiger partial charge in [0.2, 0.25) is 0 Å². The lowest BCUT2D eigenvalue weighted by atomic mass is 9.94. The molecule has 0 fully saturated rings. The van der Waals surface area contributed by atoms with Crippen molar-refractivity contribution < 1.29 is 9.84 Å².